The third-order valence-electron chi connectivity index (χ3n) is 3.00. The largest absolute Gasteiger partial charge is 0.496 e. The Hall–Kier alpha value is -1.55. The normalized spacial score (nSPS) is 14.1. The Labute approximate surface area is 101 Å². The summed E-state index contributed by atoms with van der Waals surface area (Å²) in [5.74, 6) is -0.521. The van der Waals surface area contributed by atoms with Crippen LogP contribution >= 0.6 is 0 Å². The second kappa shape index (κ2) is 5.19. The summed E-state index contributed by atoms with van der Waals surface area (Å²) in [6.45, 7) is 3.59. The van der Waals surface area contributed by atoms with Crippen LogP contribution in [0.5, 0.6) is 5.75 Å². The molecule has 17 heavy (non-hydrogen) atoms. The summed E-state index contributed by atoms with van der Waals surface area (Å²) in [5, 5.41) is 19.2. The summed E-state index contributed by atoms with van der Waals surface area (Å²) in [6.07, 6.45) is 0.842. The van der Waals surface area contributed by atoms with E-state index in [-0.39, 0.29) is 6.42 Å². The third kappa shape index (κ3) is 2.42. The average Bonchev–Trinajstić information content (AvgIpc) is 2.36. The van der Waals surface area contributed by atoms with Crippen LogP contribution in [0.15, 0.2) is 18.2 Å². The van der Waals surface area contributed by atoms with Crippen molar-refractivity contribution in [2.24, 2.45) is 0 Å². The van der Waals surface area contributed by atoms with Crippen LogP contribution in [0.2, 0.25) is 0 Å². The molecule has 0 fully saturated rings. The summed E-state index contributed by atoms with van der Waals surface area (Å²) in [4.78, 5) is 11.1. The van der Waals surface area contributed by atoms with Crippen LogP contribution < -0.4 is 4.74 Å². The molecule has 1 aromatic carbocycles. The Bertz CT molecular complexity index is 414. The van der Waals surface area contributed by atoms with E-state index in [1.54, 1.807) is 32.2 Å². The van der Waals surface area contributed by atoms with Crippen molar-refractivity contribution < 1.29 is 19.7 Å². The van der Waals surface area contributed by atoms with Gasteiger partial charge in [0.2, 0.25) is 0 Å². The van der Waals surface area contributed by atoms with Crippen molar-refractivity contribution in [1.29, 1.82) is 0 Å². The van der Waals surface area contributed by atoms with Crippen molar-refractivity contribution >= 4 is 5.97 Å². The van der Waals surface area contributed by atoms with E-state index in [0.717, 1.165) is 12.0 Å². The van der Waals surface area contributed by atoms with Crippen LogP contribution in [-0.4, -0.2) is 23.3 Å². The highest BCUT2D eigenvalue weighted by Crippen LogP contribution is 2.29. The first-order chi connectivity index (χ1) is 7.99. The summed E-state index contributed by atoms with van der Waals surface area (Å²) >= 11 is 0. The molecule has 0 aliphatic carbocycles. The van der Waals surface area contributed by atoms with E-state index in [1.165, 1.54) is 0 Å². The maximum atomic E-state index is 11.1. The van der Waals surface area contributed by atoms with E-state index in [1.807, 2.05) is 6.92 Å². The number of hydrogen-bond acceptors (Lipinski definition) is 3. The minimum absolute atomic E-state index is 0.123. The monoisotopic (exact) mass is 238 g/mol. The first-order valence-electron chi connectivity index (χ1n) is 5.62. The first-order valence-corrected chi connectivity index (χ1v) is 5.62. The van der Waals surface area contributed by atoms with Gasteiger partial charge in [-0.2, -0.15) is 0 Å². The van der Waals surface area contributed by atoms with Crippen molar-refractivity contribution in [3.05, 3.63) is 29.3 Å². The number of rotatable bonds is 5. The van der Waals surface area contributed by atoms with E-state index in [4.69, 9.17) is 9.84 Å². The molecule has 94 valence electrons. The predicted octanol–water partition coefficient (Wildman–Crippen LogP) is 1.94. The molecule has 0 aromatic heterocycles. The number of benzene rings is 1. The van der Waals surface area contributed by atoms with Crippen LogP contribution in [0.3, 0.4) is 0 Å². The molecule has 2 N–H and O–H groups in total. The summed E-state index contributed by atoms with van der Waals surface area (Å²) in [5.41, 5.74) is -0.542. The van der Waals surface area contributed by atoms with Crippen LogP contribution in [0.1, 0.15) is 31.4 Å². The number of carbonyl (C=O) groups is 1. The Morgan fingerprint density at radius 1 is 1.41 bits per heavy atom. The van der Waals surface area contributed by atoms with Crippen LogP contribution in [-0.2, 0) is 16.8 Å². The van der Waals surface area contributed by atoms with Gasteiger partial charge in [0, 0.05) is 0 Å². The number of aliphatic carboxylic acids is 1. The van der Waals surface area contributed by atoms with Gasteiger partial charge in [-0.15, -0.1) is 0 Å². The molecule has 1 unspecified atom stereocenters. The summed E-state index contributed by atoms with van der Waals surface area (Å²) in [7, 11) is 1.57. The molecular formula is C13H18O4. The zero-order chi connectivity index (χ0) is 13.1. The van der Waals surface area contributed by atoms with Gasteiger partial charge in [0.15, 0.2) is 5.60 Å². The highest BCUT2D eigenvalue weighted by molar-refractivity contribution is 5.79. The van der Waals surface area contributed by atoms with E-state index in [9.17, 15) is 9.90 Å². The minimum atomic E-state index is -1.82. The van der Waals surface area contributed by atoms with E-state index < -0.39 is 11.6 Å². The van der Waals surface area contributed by atoms with Crippen molar-refractivity contribution in [2.75, 3.05) is 7.11 Å². The SMILES string of the molecule is CCc1cc(C(O)(CC)C(=O)O)ccc1OC. The number of aliphatic hydroxyl groups is 1. The van der Waals surface area contributed by atoms with Crippen molar-refractivity contribution in [2.45, 2.75) is 32.3 Å². The summed E-state index contributed by atoms with van der Waals surface area (Å²) in [6, 6.07) is 4.98. The van der Waals surface area contributed by atoms with E-state index in [2.05, 4.69) is 0 Å². The smallest absolute Gasteiger partial charge is 0.340 e. The Morgan fingerprint density at radius 3 is 2.47 bits per heavy atom. The quantitative estimate of drug-likeness (QED) is 0.822. The van der Waals surface area contributed by atoms with Crippen molar-refractivity contribution in [3.63, 3.8) is 0 Å². The standard InChI is InChI=1S/C13H18O4/c1-4-9-8-10(6-7-11(9)17-3)13(16,5-2)12(14)15/h6-8,16H,4-5H2,1-3H3,(H,14,15). The van der Waals surface area contributed by atoms with E-state index >= 15 is 0 Å². The Balaban J connectivity index is 3.27. The van der Waals surface area contributed by atoms with Gasteiger partial charge >= 0.3 is 5.97 Å². The van der Waals surface area contributed by atoms with Crippen molar-refractivity contribution in [3.8, 4) is 5.75 Å². The Morgan fingerprint density at radius 2 is 2.06 bits per heavy atom. The van der Waals surface area contributed by atoms with Gasteiger partial charge in [-0.3, -0.25) is 0 Å². The van der Waals surface area contributed by atoms with Gasteiger partial charge in [0.1, 0.15) is 5.75 Å². The minimum Gasteiger partial charge on any atom is -0.496 e. The van der Waals surface area contributed by atoms with Crippen LogP contribution in [0, 0.1) is 0 Å². The van der Waals surface area contributed by atoms with Gasteiger partial charge in [0.05, 0.1) is 7.11 Å². The molecule has 0 aliphatic heterocycles. The molecule has 0 bridgehead atoms. The number of carboxylic acid groups (broad SMARTS) is 1. The molecule has 1 rings (SSSR count). The zero-order valence-electron chi connectivity index (χ0n) is 10.4. The lowest BCUT2D eigenvalue weighted by atomic mass is 9.89. The average molecular weight is 238 g/mol. The third-order valence-corrected chi connectivity index (χ3v) is 3.00. The fourth-order valence-corrected chi connectivity index (χ4v) is 1.79. The number of methoxy groups -OCH3 is 1. The van der Waals surface area contributed by atoms with Crippen LogP contribution in [0.4, 0.5) is 0 Å². The number of carboxylic acids is 1. The lowest BCUT2D eigenvalue weighted by molar-refractivity contribution is -0.160. The molecule has 4 heteroatoms. The second-order valence-electron chi connectivity index (χ2n) is 3.90. The van der Waals surface area contributed by atoms with Gasteiger partial charge in [0.25, 0.3) is 0 Å². The lowest BCUT2D eigenvalue weighted by Gasteiger charge is -2.23. The molecular weight excluding hydrogens is 220 g/mol. The second-order valence-corrected chi connectivity index (χ2v) is 3.90. The number of aryl methyl sites for hydroxylation is 1. The lowest BCUT2D eigenvalue weighted by Crippen LogP contribution is -2.34. The van der Waals surface area contributed by atoms with Gasteiger partial charge in [-0.25, -0.2) is 4.79 Å². The molecule has 0 heterocycles. The first kappa shape index (κ1) is 13.5. The molecule has 0 spiro atoms. The highest BCUT2D eigenvalue weighted by Gasteiger charge is 2.36. The predicted molar refractivity (Wildman–Crippen MR) is 64.2 cm³/mol. The maximum Gasteiger partial charge on any atom is 0.340 e. The summed E-state index contributed by atoms with van der Waals surface area (Å²) < 4.78 is 5.17. The van der Waals surface area contributed by atoms with E-state index in [0.29, 0.717) is 11.3 Å². The maximum absolute atomic E-state index is 11.1. The molecule has 1 atom stereocenters. The van der Waals surface area contributed by atoms with Gasteiger partial charge in [-0.1, -0.05) is 19.9 Å². The molecule has 0 amide bonds. The fraction of sp³-hybridized carbons (Fsp3) is 0.462. The van der Waals surface area contributed by atoms with Crippen molar-refractivity contribution in [1.82, 2.24) is 0 Å². The van der Waals surface area contributed by atoms with Crippen LogP contribution in [0.25, 0.3) is 0 Å². The molecule has 0 aliphatic rings. The molecule has 1 aromatic rings. The molecule has 0 saturated heterocycles. The van der Waals surface area contributed by atoms with Gasteiger partial charge in [-0.05, 0) is 36.1 Å². The zero-order valence-corrected chi connectivity index (χ0v) is 10.4. The number of ether oxygens (including phenoxy) is 1. The Kier molecular flexibility index (Phi) is 4.12. The molecule has 0 radical (unpaired) electrons. The van der Waals surface area contributed by atoms with Gasteiger partial charge < -0.3 is 14.9 Å². The molecule has 0 saturated carbocycles. The molecule has 4 nitrogen and oxygen atoms in total. The fourth-order valence-electron chi connectivity index (χ4n) is 1.79. The highest BCUT2D eigenvalue weighted by atomic mass is 16.5. The number of hydrogen-bond donors (Lipinski definition) is 2. The topological polar surface area (TPSA) is 66.8 Å².